The van der Waals surface area contributed by atoms with Crippen LogP contribution in [0, 0.1) is 5.82 Å². The predicted octanol–water partition coefficient (Wildman–Crippen LogP) is 3.90. The minimum absolute atomic E-state index is 0.139. The van der Waals surface area contributed by atoms with E-state index < -0.39 is 5.76 Å². The molecule has 1 saturated heterocycles. The van der Waals surface area contributed by atoms with Gasteiger partial charge in [0.1, 0.15) is 5.82 Å². The van der Waals surface area contributed by atoms with Gasteiger partial charge in [0.15, 0.2) is 0 Å². The van der Waals surface area contributed by atoms with Crippen molar-refractivity contribution in [2.45, 2.75) is 10.7 Å². The van der Waals surface area contributed by atoms with Crippen LogP contribution in [-0.4, -0.2) is 49.3 Å². The van der Waals surface area contributed by atoms with Crippen molar-refractivity contribution in [3.05, 3.63) is 54.3 Å². The van der Waals surface area contributed by atoms with E-state index in [1.165, 1.54) is 12.1 Å². The number of nitrogens with one attached hydrogen (secondary N) is 1. The van der Waals surface area contributed by atoms with Crippen LogP contribution in [0.3, 0.4) is 0 Å². The van der Waals surface area contributed by atoms with Crippen molar-refractivity contribution in [3.63, 3.8) is 0 Å². The average Bonchev–Trinajstić information content (AvgIpc) is 2.64. The van der Waals surface area contributed by atoms with Gasteiger partial charge < -0.3 is 10.2 Å². The van der Waals surface area contributed by atoms with Crippen LogP contribution >= 0.6 is 11.8 Å². The SMILES string of the molecule is O=C(CN1CCN(c2ccc(F)cc2)CC1)Nc1ccc(SC(F)F)cc1. The zero-order valence-electron chi connectivity index (χ0n) is 14.6. The monoisotopic (exact) mass is 395 g/mol. The molecule has 0 radical (unpaired) electrons. The number of carbonyl (C=O) groups is 1. The highest BCUT2D eigenvalue weighted by atomic mass is 32.2. The van der Waals surface area contributed by atoms with Gasteiger partial charge >= 0.3 is 0 Å². The van der Waals surface area contributed by atoms with Gasteiger partial charge in [-0.3, -0.25) is 9.69 Å². The fourth-order valence-corrected chi connectivity index (χ4v) is 3.44. The van der Waals surface area contributed by atoms with Crippen LogP contribution in [0.15, 0.2) is 53.4 Å². The number of hydrogen-bond acceptors (Lipinski definition) is 4. The minimum atomic E-state index is -2.46. The first-order valence-electron chi connectivity index (χ1n) is 8.57. The molecule has 0 bridgehead atoms. The molecule has 27 heavy (non-hydrogen) atoms. The molecule has 1 fully saturated rings. The second kappa shape index (κ2) is 9.14. The van der Waals surface area contributed by atoms with E-state index >= 15 is 0 Å². The quantitative estimate of drug-likeness (QED) is 0.753. The van der Waals surface area contributed by atoms with E-state index in [2.05, 4.69) is 15.1 Å². The summed E-state index contributed by atoms with van der Waals surface area (Å²) in [6.45, 7) is 3.26. The second-order valence-corrected chi connectivity index (χ2v) is 7.25. The highest BCUT2D eigenvalue weighted by Crippen LogP contribution is 2.26. The number of benzene rings is 2. The molecule has 1 heterocycles. The van der Waals surface area contributed by atoms with Crippen LogP contribution < -0.4 is 10.2 Å². The number of alkyl halides is 2. The Morgan fingerprint density at radius 1 is 1.00 bits per heavy atom. The van der Waals surface area contributed by atoms with Gasteiger partial charge in [0.25, 0.3) is 5.76 Å². The Labute approximate surface area is 160 Å². The Morgan fingerprint density at radius 2 is 1.63 bits per heavy atom. The lowest BCUT2D eigenvalue weighted by Crippen LogP contribution is -2.48. The lowest BCUT2D eigenvalue weighted by atomic mass is 10.2. The molecule has 0 saturated carbocycles. The van der Waals surface area contributed by atoms with Crippen molar-refractivity contribution in [3.8, 4) is 0 Å². The topological polar surface area (TPSA) is 35.6 Å². The largest absolute Gasteiger partial charge is 0.369 e. The molecule has 1 aliphatic rings. The molecule has 0 spiro atoms. The summed E-state index contributed by atoms with van der Waals surface area (Å²) in [6.07, 6.45) is 0. The summed E-state index contributed by atoms with van der Waals surface area (Å²) >= 11 is 0.474. The second-order valence-electron chi connectivity index (χ2n) is 6.19. The molecule has 4 nitrogen and oxygen atoms in total. The number of amides is 1. The van der Waals surface area contributed by atoms with Crippen molar-refractivity contribution in [1.29, 1.82) is 0 Å². The number of thioether (sulfide) groups is 1. The lowest BCUT2D eigenvalue weighted by Gasteiger charge is -2.35. The van der Waals surface area contributed by atoms with Crippen molar-refractivity contribution in [2.24, 2.45) is 0 Å². The van der Waals surface area contributed by atoms with Gasteiger partial charge in [0.05, 0.1) is 6.54 Å². The third kappa shape index (κ3) is 5.90. The summed E-state index contributed by atoms with van der Waals surface area (Å²) in [6, 6.07) is 12.8. The fraction of sp³-hybridized carbons (Fsp3) is 0.316. The van der Waals surface area contributed by atoms with Crippen molar-refractivity contribution >= 4 is 29.0 Å². The van der Waals surface area contributed by atoms with E-state index in [9.17, 15) is 18.0 Å². The van der Waals surface area contributed by atoms with E-state index in [0.717, 1.165) is 31.9 Å². The number of hydrogen-bond donors (Lipinski definition) is 1. The van der Waals surface area contributed by atoms with E-state index in [4.69, 9.17) is 0 Å². The third-order valence-corrected chi connectivity index (χ3v) is 5.02. The summed E-state index contributed by atoms with van der Waals surface area (Å²) in [5, 5.41) is 2.79. The van der Waals surface area contributed by atoms with E-state index in [-0.39, 0.29) is 18.3 Å². The molecule has 0 aromatic heterocycles. The molecule has 1 aliphatic heterocycles. The molecule has 3 rings (SSSR count). The van der Waals surface area contributed by atoms with Crippen molar-refractivity contribution in [1.82, 2.24) is 4.90 Å². The first-order valence-corrected chi connectivity index (χ1v) is 9.45. The summed E-state index contributed by atoms with van der Waals surface area (Å²) in [5.41, 5.74) is 1.56. The predicted molar refractivity (Wildman–Crippen MR) is 102 cm³/mol. The number of halogens is 3. The number of nitrogens with zero attached hydrogens (tertiary/aromatic N) is 2. The summed E-state index contributed by atoms with van der Waals surface area (Å²) in [5.74, 6) is -2.85. The normalized spacial score (nSPS) is 15.2. The zero-order valence-corrected chi connectivity index (χ0v) is 15.4. The smallest absolute Gasteiger partial charge is 0.288 e. The summed E-state index contributed by atoms with van der Waals surface area (Å²) in [4.78, 5) is 16.9. The molecule has 2 aromatic carbocycles. The van der Waals surface area contributed by atoms with E-state index in [1.807, 2.05) is 0 Å². The number of anilines is 2. The molecule has 1 amide bonds. The first kappa shape index (κ1) is 19.6. The average molecular weight is 395 g/mol. The number of piperazine rings is 1. The van der Waals surface area contributed by atoms with Crippen LogP contribution in [0.25, 0.3) is 0 Å². The number of carbonyl (C=O) groups excluding carboxylic acids is 1. The molecule has 0 atom stereocenters. The van der Waals surface area contributed by atoms with Gasteiger partial charge in [-0.05, 0) is 48.5 Å². The van der Waals surface area contributed by atoms with Gasteiger partial charge in [-0.15, -0.1) is 0 Å². The molecule has 2 aromatic rings. The van der Waals surface area contributed by atoms with Crippen LogP contribution in [0.1, 0.15) is 0 Å². The van der Waals surface area contributed by atoms with E-state index in [0.29, 0.717) is 22.3 Å². The molecule has 0 unspecified atom stereocenters. The Hall–Kier alpha value is -2.19. The highest BCUT2D eigenvalue weighted by molar-refractivity contribution is 7.99. The minimum Gasteiger partial charge on any atom is -0.369 e. The van der Waals surface area contributed by atoms with Crippen LogP contribution in [0.4, 0.5) is 24.5 Å². The Bertz CT molecular complexity index is 748. The van der Waals surface area contributed by atoms with Gasteiger partial charge in [-0.25, -0.2) is 4.39 Å². The third-order valence-electron chi connectivity index (χ3n) is 4.29. The van der Waals surface area contributed by atoms with Crippen molar-refractivity contribution < 1.29 is 18.0 Å². The van der Waals surface area contributed by atoms with Gasteiger partial charge in [0.2, 0.25) is 5.91 Å². The standard InChI is InChI=1S/C19H20F3N3OS/c20-14-1-5-16(6-2-14)25-11-9-24(10-12-25)13-18(26)23-15-3-7-17(8-4-15)27-19(21)22/h1-8,19H,9-13H2,(H,23,26). The highest BCUT2D eigenvalue weighted by Gasteiger charge is 2.19. The van der Waals surface area contributed by atoms with Crippen LogP contribution in [-0.2, 0) is 4.79 Å². The summed E-state index contributed by atoms with van der Waals surface area (Å²) in [7, 11) is 0. The van der Waals surface area contributed by atoms with Crippen LogP contribution in [0.2, 0.25) is 0 Å². The first-order chi connectivity index (χ1) is 13.0. The maximum Gasteiger partial charge on any atom is 0.288 e. The zero-order chi connectivity index (χ0) is 19.2. The molecule has 8 heteroatoms. The molecular weight excluding hydrogens is 375 g/mol. The van der Waals surface area contributed by atoms with Crippen LogP contribution in [0.5, 0.6) is 0 Å². The van der Waals surface area contributed by atoms with Gasteiger partial charge in [-0.2, -0.15) is 8.78 Å². The number of rotatable bonds is 6. The Kier molecular flexibility index (Phi) is 6.63. The maximum atomic E-state index is 13.0. The van der Waals surface area contributed by atoms with Gasteiger partial charge in [-0.1, -0.05) is 11.8 Å². The molecule has 1 N–H and O–H groups in total. The fourth-order valence-electron chi connectivity index (χ4n) is 2.94. The Morgan fingerprint density at radius 3 is 2.22 bits per heavy atom. The van der Waals surface area contributed by atoms with E-state index in [1.54, 1.807) is 36.4 Å². The summed E-state index contributed by atoms with van der Waals surface area (Å²) < 4.78 is 37.6. The molecule has 144 valence electrons. The lowest BCUT2D eigenvalue weighted by molar-refractivity contribution is -0.117. The maximum absolute atomic E-state index is 13.0. The van der Waals surface area contributed by atoms with Gasteiger partial charge in [0, 0.05) is 42.4 Å². The molecular formula is C19H20F3N3OS. The molecule has 0 aliphatic carbocycles. The Balaban J connectivity index is 1.44. The van der Waals surface area contributed by atoms with Crippen molar-refractivity contribution in [2.75, 3.05) is 42.9 Å².